The molecule has 0 spiro atoms. The number of rotatable bonds is 7. The number of hydrogen-bond donors (Lipinski definition) is 2. The Kier molecular flexibility index (Phi) is 6.31. The molecule has 1 fully saturated rings. The molecule has 0 aliphatic carbocycles. The molecule has 4 rings (SSSR count). The zero-order valence-electron chi connectivity index (χ0n) is 18.9. The lowest BCUT2D eigenvalue weighted by Gasteiger charge is -2.30. The number of nitrogens with zero attached hydrogens (tertiary/aromatic N) is 3. The Labute approximate surface area is 199 Å². The van der Waals surface area contributed by atoms with E-state index in [4.69, 9.17) is 17.0 Å². The maximum Gasteiger partial charge on any atom is 0.229 e. The van der Waals surface area contributed by atoms with Gasteiger partial charge in [-0.3, -0.25) is 9.71 Å². The number of anilines is 2. The van der Waals surface area contributed by atoms with Crippen molar-refractivity contribution in [3.8, 4) is 5.75 Å². The number of sulfonamides is 1. The number of pyridine rings is 1. The number of aromatic nitrogens is 2. The predicted octanol–water partition coefficient (Wildman–Crippen LogP) is 4.02. The molecule has 0 saturated carbocycles. The Morgan fingerprint density at radius 2 is 1.97 bits per heavy atom. The van der Waals surface area contributed by atoms with Gasteiger partial charge in [-0.1, -0.05) is 6.07 Å². The molecule has 3 heterocycles. The highest BCUT2D eigenvalue weighted by Gasteiger charge is 2.42. The molecule has 1 aliphatic heterocycles. The summed E-state index contributed by atoms with van der Waals surface area (Å²) in [4.78, 5) is 6.62. The van der Waals surface area contributed by atoms with Gasteiger partial charge in [0.15, 0.2) is 5.11 Å². The van der Waals surface area contributed by atoms with E-state index in [0.29, 0.717) is 16.5 Å². The Bertz CT molecular complexity index is 1260. The first kappa shape index (κ1) is 23.1. The van der Waals surface area contributed by atoms with E-state index in [1.54, 1.807) is 18.3 Å². The maximum atomic E-state index is 11.8. The summed E-state index contributed by atoms with van der Waals surface area (Å²) in [5, 5.41) is 4.00. The molecule has 0 unspecified atom stereocenters. The minimum absolute atomic E-state index is 0.175. The van der Waals surface area contributed by atoms with Crippen molar-refractivity contribution in [1.29, 1.82) is 0 Å². The number of methoxy groups -OCH3 is 1. The third-order valence-electron chi connectivity index (χ3n) is 5.53. The van der Waals surface area contributed by atoms with E-state index in [1.165, 1.54) is 7.11 Å². The van der Waals surface area contributed by atoms with Crippen molar-refractivity contribution in [2.75, 3.05) is 23.0 Å². The molecule has 1 aliphatic rings. The van der Waals surface area contributed by atoms with Gasteiger partial charge in [0.25, 0.3) is 0 Å². The third kappa shape index (κ3) is 4.67. The lowest BCUT2D eigenvalue weighted by molar-refractivity contribution is 0.416. The van der Waals surface area contributed by atoms with Crippen LogP contribution in [0.5, 0.6) is 5.75 Å². The average Bonchev–Trinajstić information content (AvgIpc) is 3.38. The topological polar surface area (TPSA) is 88.5 Å². The summed E-state index contributed by atoms with van der Waals surface area (Å²) in [7, 11) is -1.95. The number of nitrogens with one attached hydrogen (secondary N) is 2. The summed E-state index contributed by atoms with van der Waals surface area (Å²) in [6.07, 6.45) is 4.94. The number of hydrogen-bond acceptors (Lipinski definition) is 5. The van der Waals surface area contributed by atoms with Crippen molar-refractivity contribution in [3.63, 3.8) is 0 Å². The minimum Gasteiger partial charge on any atom is -0.494 e. The van der Waals surface area contributed by atoms with Crippen LogP contribution in [0.25, 0.3) is 0 Å². The first-order chi connectivity index (χ1) is 15.7. The van der Waals surface area contributed by atoms with Crippen molar-refractivity contribution in [1.82, 2.24) is 14.9 Å². The van der Waals surface area contributed by atoms with Gasteiger partial charge in [-0.2, -0.15) is 0 Å². The van der Waals surface area contributed by atoms with Gasteiger partial charge in [0, 0.05) is 35.9 Å². The van der Waals surface area contributed by atoms with E-state index in [9.17, 15) is 8.42 Å². The summed E-state index contributed by atoms with van der Waals surface area (Å²) < 4.78 is 33.7. The zero-order chi connectivity index (χ0) is 23.8. The van der Waals surface area contributed by atoms with Crippen molar-refractivity contribution >= 4 is 38.7 Å². The van der Waals surface area contributed by atoms with E-state index >= 15 is 0 Å². The molecule has 2 aromatic heterocycles. The molecule has 0 bridgehead atoms. The highest BCUT2D eigenvalue weighted by atomic mass is 32.2. The number of ether oxygens (including phenoxy) is 1. The normalized spacial score (nSPS) is 18.5. The van der Waals surface area contributed by atoms with E-state index < -0.39 is 10.0 Å². The SMILES string of the molecule is COc1cc(N2C(=S)N[C@H](c3ccccn3)[C@@H]2c2cccn2C(C)C)ccc1NS(C)(=O)=O. The largest absolute Gasteiger partial charge is 0.494 e. The Morgan fingerprint density at radius 1 is 1.18 bits per heavy atom. The summed E-state index contributed by atoms with van der Waals surface area (Å²) in [6, 6.07) is 15.2. The molecule has 0 radical (unpaired) electrons. The standard InChI is InChI=1S/C23H27N5O3S2/c1-15(2)27-13-7-9-19(27)22-21(18-8-5-6-12-24-18)25-23(32)28(22)16-10-11-17(20(14-16)31-3)26-33(4,29)30/h5-15,21-22,26H,1-4H3,(H,25,32)/t21-,22+/m1/s1. The van der Waals surface area contributed by atoms with Crippen LogP contribution >= 0.6 is 12.2 Å². The molecular weight excluding hydrogens is 458 g/mol. The fourth-order valence-electron chi connectivity index (χ4n) is 4.18. The minimum atomic E-state index is -3.45. The Balaban J connectivity index is 1.83. The van der Waals surface area contributed by atoms with Crippen molar-refractivity contribution < 1.29 is 13.2 Å². The molecule has 174 valence electrons. The second-order valence-electron chi connectivity index (χ2n) is 8.19. The number of thiocarbonyl (C=S) groups is 1. The van der Waals surface area contributed by atoms with Crippen LogP contribution in [0.3, 0.4) is 0 Å². The zero-order valence-corrected chi connectivity index (χ0v) is 20.5. The third-order valence-corrected chi connectivity index (χ3v) is 6.43. The van der Waals surface area contributed by atoms with Crippen LogP contribution in [0.2, 0.25) is 0 Å². The van der Waals surface area contributed by atoms with Gasteiger partial charge >= 0.3 is 0 Å². The molecule has 10 heteroatoms. The number of benzene rings is 1. The summed E-state index contributed by atoms with van der Waals surface area (Å²) >= 11 is 5.78. The van der Waals surface area contributed by atoms with Gasteiger partial charge in [0.05, 0.1) is 30.8 Å². The maximum absolute atomic E-state index is 11.8. The average molecular weight is 486 g/mol. The smallest absolute Gasteiger partial charge is 0.229 e. The fourth-order valence-corrected chi connectivity index (χ4v) is 5.09. The van der Waals surface area contributed by atoms with Gasteiger partial charge in [-0.15, -0.1) is 0 Å². The fraction of sp³-hybridized carbons (Fsp3) is 0.304. The first-order valence-electron chi connectivity index (χ1n) is 10.5. The molecule has 8 nitrogen and oxygen atoms in total. The molecule has 0 amide bonds. The molecule has 33 heavy (non-hydrogen) atoms. The molecule has 2 N–H and O–H groups in total. The van der Waals surface area contributed by atoms with Crippen LogP contribution < -0.4 is 19.7 Å². The van der Waals surface area contributed by atoms with Crippen molar-refractivity contribution in [2.45, 2.75) is 32.0 Å². The monoisotopic (exact) mass is 485 g/mol. The van der Waals surface area contributed by atoms with Gasteiger partial charge in [0.1, 0.15) is 11.8 Å². The Hall–Kier alpha value is -3.11. The Morgan fingerprint density at radius 3 is 2.61 bits per heavy atom. The van der Waals surface area contributed by atoms with Crippen LogP contribution in [0, 0.1) is 0 Å². The van der Waals surface area contributed by atoms with Crippen LogP contribution in [-0.4, -0.2) is 36.4 Å². The van der Waals surface area contributed by atoms with Crippen LogP contribution in [-0.2, 0) is 10.0 Å². The van der Waals surface area contributed by atoms with Crippen LogP contribution in [0.1, 0.15) is 43.4 Å². The van der Waals surface area contributed by atoms with Gasteiger partial charge in [0.2, 0.25) is 10.0 Å². The van der Waals surface area contributed by atoms with Gasteiger partial charge < -0.3 is 19.5 Å². The quantitative estimate of drug-likeness (QED) is 0.489. The summed E-state index contributed by atoms with van der Waals surface area (Å²) in [5.74, 6) is 0.403. The summed E-state index contributed by atoms with van der Waals surface area (Å²) in [5.41, 5.74) is 3.12. The lowest BCUT2D eigenvalue weighted by Crippen LogP contribution is -2.30. The van der Waals surface area contributed by atoms with E-state index in [1.807, 2.05) is 35.2 Å². The van der Waals surface area contributed by atoms with Gasteiger partial charge in [-0.05, 0) is 62.5 Å². The lowest BCUT2D eigenvalue weighted by atomic mass is 10.0. The molecule has 2 atom stereocenters. The highest BCUT2D eigenvalue weighted by Crippen LogP contribution is 2.43. The molecule has 1 saturated heterocycles. The predicted molar refractivity (Wildman–Crippen MR) is 134 cm³/mol. The molecule has 3 aromatic rings. The van der Waals surface area contributed by atoms with Crippen LogP contribution in [0.4, 0.5) is 11.4 Å². The molecular formula is C23H27N5O3S2. The summed E-state index contributed by atoms with van der Waals surface area (Å²) in [6.45, 7) is 4.28. The second kappa shape index (κ2) is 9.03. The van der Waals surface area contributed by atoms with Gasteiger partial charge in [-0.25, -0.2) is 8.42 Å². The second-order valence-corrected chi connectivity index (χ2v) is 10.3. The highest BCUT2D eigenvalue weighted by molar-refractivity contribution is 7.92. The first-order valence-corrected chi connectivity index (χ1v) is 12.8. The van der Waals surface area contributed by atoms with E-state index in [-0.39, 0.29) is 18.1 Å². The van der Waals surface area contributed by atoms with Crippen molar-refractivity contribution in [3.05, 3.63) is 72.3 Å². The van der Waals surface area contributed by atoms with E-state index in [0.717, 1.165) is 23.3 Å². The molecule has 1 aromatic carbocycles. The van der Waals surface area contributed by atoms with Crippen LogP contribution in [0.15, 0.2) is 60.9 Å². The van der Waals surface area contributed by atoms with E-state index in [2.05, 4.69) is 45.7 Å². The van der Waals surface area contributed by atoms with Crippen molar-refractivity contribution in [2.24, 2.45) is 0 Å².